The highest BCUT2D eigenvalue weighted by Gasteiger charge is 2.35. The van der Waals surface area contributed by atoms with Gasteiger partial charge in [-0.1, -0.05) is 0 Å². The first-order valence-corrected chi connectivity index (χ1v) is 5.08. The van der Waals surface area contributed by atoms with Crippen molar-refractivity contribution >= 4 is 0 Å². The largest absolute Gasteiger partial charge is 0.468 e. The van der Waals surface area contributed by atoms with Gasteiger partial charge in [0.15, 0.2) is 6.10 Å². The van der Waals surface area contributed by atoms with Crippen LogP contribution in [-0.4, -0.2) is 17.7 Å². The molecular formula is C11H11N3O2. The second-order valence-electron chi connectivity index (χ2n) is 3.54. The van der Waals surface area contributed by atoms with Crippen molar-refractivity contribution in [2.75, 3.05) is 6.54 Å². The fraction of sp³-hybridized carbons (Fsp3) is 0.455. The van der Waals surface area contributed by atoms with Gasteiger partial charge >= 0.3 is 0 Å². The Bertz CT molecular complexity index is 415. The number of hydroxylamine groups is 2. The van der Waals surface area contributed by atoms with Crippen molar-refractivity contribution in [1.82, 2.24) is 5.06 Å². The van der Waals surface area contributed by atoms with Crippen LogP contribution < -0.4 is 0 Å². The van der Waals surface area contributed by atoms with Crippen molar-refractivity contribution in [1.29, 1.82) is 10.5 Å². The van der Waals surface area contributed by atoms with Gasteiger partial charge in [-0.2, -0.15) is 15.6 Å². The van der Waals surface area contributed by atoms with Crippen molar-refractivity contribution in [3.8, 4) is 12.1 Å². The van der Waals surface area contributed by atoms with Crippen molar-refractivity contribution in [2.24, 2.45) is 0 Å². The third kappa shape index (κ3) is 2.06. The van der Waals surface area contributed by atoms with Crippen molar-refractivity contribution < 1.29 is 9.25 Å². The third-order valence-electron chi connectivity index (χ3n) is 2.51. The monoisotopic (exact) mass is 217 g/mol. The molecule has 0 amide bonds. The normalized spacial score (nSPS) is 25.1. The lowest BCUT2D eigenvalue weighted by Gasteiger charge is -2.18. The summed E-state index contributed by atoms with van der Waals surface area (Å²) in [4.78, 5) is 5.41. The van der Waals surface area contributed by atoms with Crippen LogP contribution in [0.2, 0.25) is 0 Å². The molecule has 5 heteroatoms. The van der Waals surface area contributed by atoms with Crippen LogP contribution in [0.5, 0.6) is 0 Å². The number of hydrogen-bond donors (Lipinski definition) is 0. The van der Waals surface area contributed by atoms with Crippen molar-refractivity contribution in [3.63, 3.8) is 0 Å². The average molecular weight is 217 g/mol. The quantitative estimate of drug-likeness (QED) is 0.771. The van der Waals surface area contributed by atoms with E-state index in [-0.39, 0.29) is 6.04 Å². The van der Waals surface area contributed by atoms with Gasteiger partial charge in [0.1, 0.15) is 5.76 Å². The zero-order valence-electron chi connectivity index (χ0n) is 8.67. The van der Waals surface area contributed by atoms with Gasteiger partial charge in [-0.05, 0) is 12.1 Å². The lowest BCUT2D eigenvalue weighted by atomic mass is 10.1. The van der Waals surface area contributed by atoms with Gasteiger partial charge < -0.3 is 4.42 Å². The van der Waals surface area contributed by atoms with E-state index in [0.717, 1.165) is 5.76 Å². The maximum atomic E-state index is 8.83. The lowest BCUT2D eigenvalue weighted by Crippen LogP contribution is -2.23. The third-order valence-corrected chi connectivity index (χ3v) is 2.51. The molecule has 1 aromatic rings. The average Bonchev–Trinajstić information content (AvgIpc) is 2.94. The molecule has 5 nitrogen and oxygen atoms in total. The molecular weight excluding hydrogens is 206 g/mol. The maximum Gasteiger partial charge on any atom is 0.167 e. The van der Waals surface area contributed by atoms with Crippen LogP contribution >= 0.6 is 0 Å². The second-order valence-corrected chi connectivity index (χ2v) is 3.54. The van der Waals surface area contributed by atoms with Crippen molar-refractivity contribution in [2.45, 2.75) is 25.0 Å². The molecule has 16 heavy (non-hydrogen) atoms. The van der Waals surface area contributed by atoms with E-state index in [0.29, 0.717) is 19.4 Å². The second kappa shape index (κ2) is 4.80. The van der Waals surface area contributed by atoms with E-state index in [9.17, 15) is 0 Å². The molecule has 0 aliphatic carbocycles. The molecule has 2 atom stereocenters. The Hall–Kier alpha value is -1.82. The number of rotatable bonds is 3. The zero-order valence-corrected chi connectivity index (χ0v) is 8.67. The van der Waals surface area contributed by atoms with Gasteiger partial charge in [0, 0.05) is 13.0 Å². The van der Waals surface area contributed by atoms with E-state index >= 15 is 0 Å². The first-order chi connectivity index (χ1) is 7.85. The van der Waals surface area contributed by atoms with Crippen molar-refractivity contribution in [3.05, 3.63) is 24.2 Å². The van der Waals surface area contributed by atoms with Crippen LogP contribution in [0.15, 0.2) is 22.8 Å². The van der Waals surface area contributed by atoms with Gasteiger partial charge in [-0.3, -0.25) is 4.84 Å². The minimum atomic E-state index is -0.450. The summed E-state index contributed by atoms with van der Waals surface area (Å²) >= 11 is 0. The van der Waals surface area contributed by atoms with E-state index in [1.165, 1.54) is 0 Å². The highest BCUT2D eigenvalue weighted by molar-refractivity contribution is 5.08. The molecule has 0 N–H and O–H groups in total. The summed E-state index contributed by atoms with van der Waals surface area (Å²) in [6.45, 7) is 0.486. The molecule has 1 aromatic heterocycles. The number of furan rings is 1. The van der Waals surface area contributed by atoms with Crippen LogP contribution in [0.25, 0.3) is 0 Å². The van der Waals surface area contributed by atoms with Crippen LogP contribution in [0.3, 0.4) is 0 Å². The molecule has 1 fully saturated rings. The fourth-order valence-electron chi connectivity index (χ4n) is 1.78. The summed E-state index contributed by atoms with van der Waals surface area (Å²) in [6, 6.07) is 7.73. The Morgan fingerprint density at radius 3 is 3.00 bits per heavy atom. The van der Waals surface area contributed by atoms with E-state index < -0.39 is 6.10 Å². The van der Waals surface area contributed by atoms with Gasteiger partial charge in [-0.25, -0.2) is 0 Å². The van der Waals surface area contributed by atoms with Gasteiger partial charge in [0.2, 0.25) is 0 Å². The van der Waals surface area contributed by atoms with Gasteiger partial charge in [-0.15, -0.1) is 0 Å². The highest BCUT2D eigenvalue weighted by Crippen LogP contribution is 2.33. The summed E-state index contributed by atoms with van der Waals surface area (Å²) in [6.07, 6.45) is 2.09. The molecule has 82 valence electrons. The number of nitriles is 2. The highest BCUT2D eigenvalue weighted by atomic mass is 16.7. The molecule has 1 aliphatic heterocycles. The van der Waals surface area contributed by atoms with Crippen LogP contribution in [0.4, 0.5) is 0 Å². The predicted octanol–water partition coefficient (Wildman–Crippen LogP) is 1.76. The topological polar surface area (TPSA) is 73.2 Å². The minimum absolute atomic E-state index is 0.0620. The molecule has 0 spiro atoms. The molecule has 1 saturated heterocycles. The summed E-state index contributed by atoms with van der Waals surface area (Å²) < 4.78 is 5.31. The van der Waals surface area contributed by atoms with E-state index in [2.05, 4.69) is 12.1 Å². The molecule has 2 unspecified atom stereocenters. The number of nitrogens with zero attached hydrogens (tertiary/aromatic N) is 3. The maximum absolute atomic E-state index is 8.83. The number of hydrogen-bond acceptors (Lipinski definition) is 5. The summed E-state index contributed by atoms with van der Waals surface area (Å²) in [5.74, 6) is 0.774. The van der Waals surface area contributed by atoms with Crippen LogP contribution in [0, 0.1) is 22.7 Å². The molecule has 0 aromatic carbocycles. The van der Waals surface area contributed by atoms with Gasteiger partial charge in [0.25, 0.3) is 0 Å². The fourth-order valence-corrected chi connectivity index (χ4v) is 1.78. The Morgan fingerprint density at radius 2 is 2.38 bits per heavy atom. The Kier molecular flexibility index (Phi) is 3.21. The molecule has 0 radical (unpaired) electrons. The summed E-state index contributed by atoms with van der Waals surface area (Å²) in [5.41, 5.74) is 0. The first-order valence-electron chi connectivity index (χ1n) is 5.08. The SMILES string of the molecule is N#CCCN1OC(C#N)CC1c1ccco1. The predicted molar refractivity (Wildman–Crippen MR) is 53.5 cm³/mol. The standard InChI is InChI=1S/C11H11N3O2/c12-4-2-5-14-10(7-9(8-13)16-14)11-3-1-6-15-11/h1,3,6,9-10H,2,5,7H2. The Labute approximate surface area is 93.4 Å². The summed E-state index contributed by atoms with van der Waals surface area (Å²) in [7, 11) is 0. The van der Waals surface area contributed by atoms with Crippen LogP contribution in [0.1, 0.15) is 24.6 Å². The smallest absolute Gasteiger partial charge is 0.167 e. The minimum Gasteiger partial charge on any atom is -0.468 e. The van der Waals surface area contributed by atoms with E-state index in [1.807, 2.05) is 6.07 Å². The molecule has 1 aliphatic rings. The van der Waals surface area contributed by atoms with Crippen LogP contribution in [-0.2, 0) is 4.84 Å². The summed E-state index contributed by atoms with van der Waals surface area (Å²) in [5, 5.41) is 19.0. The van der Waals surface area contributed by atoms with E-state index in [1.54, 1.807) is 17.4 Å². The zero-order chi connectivity index (χ0) is 11.4. The van der Waals surface area contributed by atoms with Gasteiger partial charge in [0.05, 0.1) is 30.9 Å². The van der Waals surface area contributed by atoms with E-state index in [4.69, 9.17) is 19.8 Å². The molecule has 2 rings (SSSR count). The molecule has 0 bridgehead atoms. The lowest BCUT2D eigenvalue weighted by molar-refractivity contribution is -0.151. The Morgan fingerprint density at radius 1 is 1.50 bits per heavy atom. The first kappa shape index (κ1) is 10.7. The Balaban J connectivity index is 2.09. The molecule has 2 heterocycles. The molecule has 0 saturated carbocycles.